The zero-order valence-electron chi connectivity index (χ0n) is 20.2. The van der Waals surface area contributed by atoms with E-state index in [9.17, 15) is 0 Å². The summed E-state index contributed by atoms with van der Waals surface area (Å²) in [6, 6.07) is 40.2. The summed E-state index contributed by atoms with van der Waals surface area (Å²) in [4.78, 5) is 14.6. The number of furan rings is 1. The van der Waals surface area contributed by atoms with Crippen LogP contribution in [0.15, 0.2) is 126 Å². The predicted molar refractivity (Wildman–Crippen MR) is 154 cm³/mol. The van der Waals surface area contributed by atoms with E-state index >= 15 is 0 Å². The van der Waals surface area contributed by atoms with Crippen molar-refractivity contribution in [2.24, 2.45) is 0 Å². The summed E-state index contributed by atoms with van der Waals surface area (Å²) in [5, 5.41) is 2.71. The Hall–Kier alpha value is -4.80. The molecule has 0 bridgehead atoms. The largest absolute Gasteiger partial charge is 0.456 e. The van der Waals surface area contributed by atoms with Crippen LogP contribution in [0.3, 0.4) is 0 Å². The van der Waals surface area contributed by atoms with E-state index in [1.165, 1.54) is 0 Å². The van der Waals surface area contributed by atoms with Crippen molar-refractivity contribution in [1.82, 2.24) is 15.0 Å². The van der Waals surface area contributed by atoms with Crippen LogP contribution < -0.4 is 0 Å². The molecule has 2 aromatic heterocycles. The van der Waals surface area contributed by atoms with Crippen LogP contribution in [0.5, 0.6) is 0 Å². The SMILES string of the molecule is Clc1cccc(-c2nc(-c3ccc(-c4ccccc4)cc3)nc(-c3ccc4oc5ccccc5c4c3)n2)c1. The summed E-state index contributed by atoms with van der Waals surface area (Å²) in [7, 11) is 0. The van der Waals surface area contributed by atoms with Crippen LogP contribution in [0.1, 0.15) is 0 Å². The Morgan fingerprint density at radius 1 is 0.421 bits per heavy atom. The van der Waals surface area contributed by atoms with Crippen molar-refractivity contribution in [2.75, 3.05) is 0 Å². The normalized spacial score (nSPS) is 11.3. The Morgan fingerprint density at radius 2 is 0.974 bits per heavy atom. The minimum Gasteiger partial charge on any atom is -0.456 e. The van der Waals surface area contributed by atoms with E-state index in [2.05, 4.69) is 48.5 Å². The summed E-state index contributed by atoms with van der Waals surface area (Å²) < 4.78 is 6.02. The minimum atomic E-state index is 0.566. The standard InChI is InChI=1S/C33H20ClN3O/c34-26-10-6-9-24(19-26)32-35-31(23-15-13-22(14-16-23)21-7-2-1-3-8-21)36-33(37-32)25-17-18-30-28(20-25)27-11-4-5-12-29(27)38-30/h1-20H. The highest BCUT2D eigenvalue weighted by Crippen LogP contribution is 2.33. The van der Waals surface area contributed by atoms with E-state index in [1.54, 1.807) is 0 Å². The second kappa shape index (κ2) is 9.25. The summed E-state index contributed by atoms with van der Waals surface area (Å²) in [6.07, 6.45) is 0. The zero-order chi connectivity index (χ0) is 25.5. The van der Waals surface area contributed by atoms with Crippen molar-refractivity contribution in [3.8, 4) is 45.3 Å². The Balaban J connectivity index is 1.38. The van der Waals surface area contributed by atoms with Gasteiger partial charge in [0.15, 0.2) is 17.5 Å². The second-order valence-corrected chi connectivity index (χ2v) is 9.51. The number of aromatic nitrogens is 3. The van der Waals surface area contributed by atoms with E-state index in [-0.39, 0.29) is 0 Å². The maximum absolute atomic E-state index is 6.31. The zero-order valence-corrected chi connectivity index (χ0v) is 20.9. The Bertz CT molecular complexity index is 1930. The molecule has 0 amide bonds. The van der Waals surface area contributed by atoms with Gasteiger partial charge in [-0.2, -0.15) is 0 Å². The molecule has 0 spiro atoms. The molecule has 0 aliphatic heterocycles. The highest BCUT2D eigenvalue weighted by molar-refractivity contribution is 6.30. The average Bonchev–Trinajstić information content (AvgIpc) is 3.35. The molecule has 7 aromatic rings. The lowest BCUT2D eigenvalue weighted by Gasteiger charge is -2.09. The Morgan fingerprint density at radius 3 is 1.74 bits per heavy atom. The van der Waals surface area contributed by atoms with E-state index < -0.39 is 0 Å². The fourth-order valence-electron chi connectivity index (χ4n) is 4.70. The maximum atomic E-state index is 6.31. The van der Waals surface area contributed by atoms with Crippen LogP contribution >= 0.6 is 11.6 Å². The lowest BCUT2D eigenvalue weighted by molar-refractivity contribution is 0.669. The summed E-state index contributed by atoms with van der Waals surface area (Å²) in [5.41, 5.74) is 6.61. The molecule has 0 fully saturated rings. The van der Waals surface area contributed by atoms with Gasteiger partial charge in [0.1, 0.15) is 11.2 Å². The first-order valence-corrected chi connectivity index (χ1v) is 12.7. The van der Waals surface area contributed by atoms with E-state index in [1.807, 2.05) is 72.8 Å². The van der Waals surface area contributed by atoms with Crippen molar-refractivity contribution >= 4 is 33.5 Å². The number of para-hydroxylation sites is 1. The molecule has 0 aliphatic rings. The first-order valence-electron chi connectivity index (χ1n) is 12.3. The monoisotopic (exact) mass is 509 g/mol. The Labute approximate surface area is 224 Å². The number of hydrogen-bond acceptors (Lipinski definition) is 4. The highest BCUT2D eigenvalue weighted by Gasteiger charge is 2.15. The van der Waals surface area contributed by atoms with Crippen LogP contribution in [-0.4, -0.2) is 15.0 Å². The van der Waals surface area contributed by atoms with Gasteiger partial charge in [0.2, 0.25) is 0 Å². The second-order valence-electron chi connectivity index (χ2n) is 9.07. The van der Waals surface area contributed by atoms with Crippen LogP contribution in [0, 0.1) is 0 Å². The highest BCUT2D eigenvalue weighted by atomic mass is 35.5. The van der Waals surface area contributed by atoms with Crippen molar-refractivity contribution < 1.29 is 4.42 Å². The summed E-state index contributed by atoms with van der Waals surface area (Å²) >= 11 is 6.31. The fraction of sp³-hybridized carbons (Fsp3) is 0. The first-order chi connectivity index (χ1) is 18.7. The van der Waals surface area contributed by atoms with E-state index in [0.29, 0.717) is 22.5 Å². The third-order valence-corrected chi connectivity index (χ3v) is 6.84. The van der Waals surface area contributed by atoms with Gasteiger partial charge in [-0.05, 0) is 47.5 Å². The van der Waals surface area contributed by atoms with E-state index in [4.69, 9.17) is 31.0 Å². The van der Waals surface area contributed by atoms with Crippen LogP contribution in [0.4, 0.5) is 0 Å². The van der Waals surface area contributed by atoms with Crippen LogP contribution in [0.25, 0.3) is 67.2 Å². The van der Waals surface area contributed by atoms with Gasteiger partial charge in [0, 0.05) is 32.5 Å². The van der Waals surface area contributed by atoms with Crippen LogP contribution in [0.2, 0.25) is 5.02 Å². The molecule has 0 N–H and O–H groups in total. The van der Waals surface area contributed by atoms with Gasteiger partial charge in [-0.15, -0.1) is 0 Å². The minimum absolute atomic E-state index is 0.566. The number of hydrogen-bond donors (Lipinski definition) is 0. The molecule has 7 rings (SSSR count). The molecule has 0 atom stereocenters. The van der Waals surface area contributed by atoms with Crippen molar-refractivity contribution in [3.63, 3.8) is 0 Å². The molecule has 38 heavy (non-hydrogen) atoms. The van der Waals surface area contributed by atoms with Gasteiger partial charge in [-0.1, -0.05) is 96.5 Å². The van der Waals surface area contributed by atoms with Gasteiger partial charge >= 0.3 is 0 Å². The number of benzene rings is 5. The number of rotatable bonds is 4. The lowest BCUT2D eigenvalue weighted by Crippen LogP contribution is -2.00. The van der Waals surface area contributed by atoms with Crippen molar-refractivity contribution in [1.29, 1.82) is 0 Å². The molecule has 0 saturated heterocycles. The molecule has 0 aliphatic carbocycles. The molecular weight excluding hydrogens is 490 g/mol. The number of fused-ring (bicyclic) bond motifs is 3. The van der Waals surface area contributed by atoms with Gasteiger partial charge in [0.05, 0.1) is 0 Å². The van der Waals surface area contributed by atoms with Crippen LogP contribution in [-0.2, 0) is 0 Å². The molecule has 0 radical (unpaired) electrons. The molecule has 2 heterocycles. The maximum Gasteiger partial charge on any atom is 0.164 e. The third-order valence-electron chi connectivity index (χ3n) is 6.60. The van der Waals surface area contributed by atoms with Gasteiger partial charge in [-0.3, -0.25) is 0 Å². The molecule has 5 heteroatoms. The molecule has 180 valence electrons. The number of halogens is 1. The molecule has 0 unspecified atom stereocenters. The summed E-state index contributed by atoms with van der Waals surface area (Å²) in [6.45, 7) is 0. The summed E-state index contributed by atoms with van der Waals surface area (Å²) in [5.74, 6) is 1.75. The van der Waals surface area contributed by atoms with Crippen molar-refractivity contribution in [3.05, 3.63) is 126 Å². The van der Waals surface area contributed by atoms with Crippen molar-refractivity contribution in [2.45, 2.75) is 0 Å². The van der Waals surface area contributed by atoms with Gasteiger partial charge in [0.25, 0.3) is 0 Å². The predicted octanol–water partition coefficient (Wildman–Crippen LogP) is 9.09. The van der Waals surface area contributed by atoms with Gasteiger partial charge in [-0.25, -0.2) is 15.0 Å². The first kappa shape index (κ1) is 22.4. The third kappa shape index (κ3) is 4.11. The lowest BCUT2D eigenvalue weighted by atomic mass is 10.0. The Kier molecular flexibility index (Phi) is 5.46. The molecule has 5 aromatic carbocycles. The smallest absolute Gasteiger partial charge is 0.164 e. The topological polar surface area (TPSA) is 51.8 Å². The van der Waals surface area contributed by atoms with Gasteiger partial charge < -0.3 is 4.42 Å². The molecule has 0 saturated carbocycles. The number of nitrogens with zero attached hydrogens (tertiary/aromatic N) is 3. The average molecular weight is 510 g/mol. The molecular formula is C33H20ClN3O. The van der Waals surface area contributed by atoms with E-state index in [0.717, 1.165) is 49.8 Å². The quantitative estimate of drug-likeness (QED) is 0.237. The molecule has 4 nitrogen and oxygen atoms in total. The fourth-order valence-corrected chi connectivity index (χ4v) is 4.89.